The van der Waals surface area contributed by atoms with Crippen molar-refractivity contribution >= 4 is 0 Å². The van der Waals surface area contributed by atoms with Crippen molar-refractivity contribution in [1.29, 1.82) is 0 Å². The fourth-order valence-electron chi connectivity index (χ4n) is 2.77. The normalized spacial score (nSPS) is 50.7. The van der Waals surface area contributed by atoms with Crippen molar-refractivity contribution in [1.82, 2.24) is 0 Å². The van der Waals surface area contributed by atoms with Crippen molar-refractivity contribution in [2.75, 3.05) is 0 Å². The van der Waals surface area contributed by atoms with Gasteiger partial charge >= 0.3 is 0 Å². The molecular formula is C9H17NO. The van der Waals surface area contributed by atoms with Crippen LogP contribution >= 0.6 is 0 Å². The Kier molecular flexibility index (Phi) is 1.69. The lowest BCUT2D eigenvalue weighted by Gasteiger charge is -2.37. The molecule has 0 bridgehead atoms. The monoisotopic (exact) mass is 155 g/mol. The molecule has 0 spiro atoms. The first-order valence-electron chi connectivity index (χ1n) is 4.71. The molecule has 11 heavy (non-hydrogen) atoms. The summed E-state index contributed by atoms with van der Waals surface area (Å²) in [5.41, 5.74) is 5.40. The molecule has 0 aliphatic heterocycles. The maximum Gasteiger partial charge on any atom is 0.0825 e. The lowest BCUT2D eigenvalue weighted by molar-refractivity contribution is -0.0386. The Morgan fingerprint density at radius 3 is 2.73 bits per heavy atom. The minimum atomic E-state index is -0.474. The quantitative estimate of drug-likeness (QED) is 0.549. The lowest BCUT2D eigenvalue weighted by atomic mass is 9.76. The van der Waals surface area contributed by atoms with Crippen molar-refractivity contribution in [2.24, 2.45) is 11.7 Å². The van der Waals surface area contributed by atoms with Crippen molar-refractivity contribution in [2.45, 2.75) is 50.2 Å². The van der Waals surface area contributed by atoms with Gasteiger partial charge in [-0.2, -0.15) is 0 Å². The second-order valence-electron chi connectivity index (χ2n) is 4.12. The molecule has 0 aromatic rings. The maximum atomic E-state index is 10.2. The van der Waals surface area contributed by atoms with Gasteiger partial charge in [-0.3, -0.25) is 0 Å². The molecule has 2 aliphatic rings. The summed E-state index contributed by atoms with van der Waals surface area (Å²) >= 11 is 0. The molecule has 0 heterocycles. The minimum absolute atomic E-state index is 0.0628. The van der Waals surface area contributed by atoms with Gasteiger partial charge in [0.1, 0.15) is 0 Å². The summed E-state index contributed by atoms with van der Waals surface area (Å²) in [5.74, 6) is 0.520. The van der Waals surface area contributed by atoms with E-state index in [2.05, 4.69) is 0 Å². The minimum Gasteiger partial charge on any atom is -0.388 e. The van der Waals surface area contributed by atoms with Crippen LogP contribution in [0.1, 0.15) is 38.5 Å². The molecule has 2 rings (SSSR count). The zero-order valence-electron chi connectivity index (χ0n) is 6.92. The maximum absolute atomic E-state index is 10.2. The van der Waals surface area contributed by atoms with E-state index >= 15 is 0 Å². The van der Waals surface area contributed by atoms with Crippen LogP contribution < -0.4 is 5.73 Å². The molecule has 0 unspecified atom stereocenters. The standard InChI is InChI=1S/C9H17NO/c10-8-5-4-7-3-1-2-6-9(7,8)11/h7-8,11H,1-6,10H2/t7-,8+,9+/m0/s1. The van der Waals surface area contributed by atoms with Gasteiger partial charge in [0.25, 0.3) is 0 Å². The van der Waals surface area contributed by atoms with Crippen molar-refractivity contribution < 1.29 is 5.11 Å². The summed E-state index contributed by atoms with van der Waals surface area (Å²) in [6, 6.07) is 0.0628. The number of fused-ring (bicyclic) bond motifs is 1. The Bertz CT molecular complexity index is 158. The summed E-state index contributed by atoms with van der Waals surface area (Å²) in [5, 5.41) is 10.2. The fourth-order valence-corrected chi connectivity index (χ4v) is 2.77. The molecule has 0 amide bonds. The highest BCUT2D eigenvalue weighted by Gasteiger charge is 2.47. The molecule has 0 aromatic carbocycles. The molecule has 3 atom stereocenters. The molecule has 0 saturated heterocycles. The van der Waals surface area contributed by atoms with E-state index in [0.717, 1.165) is 19.3 Å². The van der Waals surface area contributed by atoms with Crippen LogP contribution in [-0.2, 0) is 0 Å². The van der Waals surface area contributed by atoms with Gasteiger partial charge in [-0.25, -0.2) is 0 Å². The zero-order valence-corrected chi connectivity index (χ0v) is 6.92. The van der Waals surface area contributed by atoms with Gasteiger partial charge in [0.15, 0.2) is 0 Å². The molecule has 64 valence electrons. The Morgan fingerprint density at radius 1 is 1.18 bits per heavy atom. The highest BCUT2D eigenvalue weighted by atomic mass is 16.3. The van der Waals surface area contributed by atoms with Crippen LogP contribution in [0.3, 0.4) is 0 Å². The zero-order chi connectivity index (χ0) is 7.90. The summed E-state index contributed by atoms with van der Waals surface area (Å²) in [6.07, 6.45) is 6.78. The second-order valence-corrected chi connectivity index (χ2v) is 4.12. The predicted molar refractivity (Wildman–Crippen MR) is 44.1 cm³/mol. The summed E-state index contributed by atoms with van der Waals surface area (Å²) in [6.45, 7) is 0. The van der Waals surface area contributed by atoms with Gasteiger partial charge in [0.05, 0.1) is 5.60 Å². The lowest BCUT2D eigenvalue weighted by Crippen LogP contribution is -2.49. The van der Waals surface area contributed by atoms with Crippen molar-refractivity contribution in [3.8, 4) is 0 Å². The third-order valence-electron chi connectivity index (χ3n) is 3.56. The van der Waals surface area contributed by atoms with Crippen LogP contribution in [-0.4, -0.2) is 16.7 Å². The number of nitrogens with two attached hydrogens (primary N) is 1. The third-order valence-corrected chi connectivity index (χ3v) is 3.56. The number of hydrogen-bond acceptors (Lipinski definition) is 2. The average molecular weight is 155 g/mol. The number of rotatable bonds is 0. The van der Waals surface area contributed by atoms with E-state index in [0.29, 0.717) is 5.92 Å². The van der Waals surface area contributed by atoms with Crippen LogP contribution in [0, 0.1) is 5.92 Å². The molecule has 0 aromatic heterocycles. The molecule has 2 heteroatoms. The largest absolute Gasteiger partial charge is 0.388 e. The highest BCUT2D eigenvalue weighted by Crippen LogP contribution is 2.44. The average Bonchev–Trinajstić information content (AvgIpc) is 2.29. The topological polar surface area (TPSA) is 46.2 Å². The SMILES string of the molecule is N[C@@H]1CC[C@@H]2CCCC[C@@]21O. The van der Waals surface area contributed by atoms with E-state index in [1.165, 1.54) is 19.3 Å². The Labute approximate surface area is 67.8 Å². The Morgan fingerprint density at radius 2 is 2.00 bits per heavy atom. The van der Waals surface area contributed by atoms with Crippen LogP contribution in [0.15, 0.2) is 0 Å². The summed E-state index contributed by atoms with van der Waals surface area (Å²) in [4.78, 5) is 0. The van der Waals surface area contributed by atoms with Crippen LogP contribution in [0.5, 0.6) is 0 Å². The molecule has 2 fully saturated rings. The number of hydrogen-bond donors (Lipinski definition) is 2. The first kappa shape index (κ1) is 7.56. The van der Waals surface area contributed by atoms with Gasteiger partial charge in [-0.1, -0.05) is 12.8 Å². The van der Waals surface area contributed by atoms with Gasteiger partial charge in [0.2, 0.25) is 0 Å². The van der Waals surface area contributed by atoms with Crippen LogP contribution in [0.25, 0.3) is 0 Å². The van der Waals surface area contributed by atoms with Crippen LogP contribution in [0.2, 0.25) is 0 Å². The molecule has 2 saturated carbocycles. The predicted octanol–water partition coefficient (Wildman–Crippen LogP) is 1.03. The fraction of sp³-hybridized carbons (Fsp3) is 1.00. The Balaban J connectivity index is 2.16. The van der Waals surface area contributed by atoms with E-state index in [4.69, 9.17) is 5.73 Å². The first-order valence-corrected chi connectivity index (χ1v) is 4.71. The molecule has 3 N–H and O–H groups in total. The van der Waals surface area contributed by atoms with Gasteiger partial charge < -0.3 is 10.8 Å². The van der Waals surface area contributed by atoms with Crippen LogP contribution in [0.4, 0.5) is 0 Å². The van der Waals surface area contributed by atoms with E-state index in [-0.39, 0.29) is 6.04 Å². The van der Waals surface area contributed by atoms with E-state index in [1.54, 1.807) is 0 Å². The van der Waals surface area contributed by atoms with Gasteiger partial charge in [-0.05, 0) is 31.6 Å². The second kappa shape index (κ2) is 2.46. The summed E-state index contributed by atoms with van der Waals surface area (Å²) < 4.78 is 0. The smallest absolute Gasteiger partial charge is 0.0825 e. The van der Waals surface area contributed by atoms with Crippen molar-refractivity contribution in [3.05, 3.63) is 0 Å². The molecular weight excluding hydrogens is 138 g/mol. The molecule has 2 nitrogen and oxygen atoms in total. The number of aliphatic hydroxyl groups is 1. The third kappa shape index (κ3) is 1.00. The van der Waals surface area contributed by atoms with E-state index < -0.39 is 5.60 Å². The van der Waals surface area contributed by atoms with Gasteiger partial charge in [-0.15, -0.1) is 0 Å². The van der Waals surface area contributed by atoms with Crippen molar-refractivity contribution in [3.63, 3.8) is 0 Å². The highest BCUT2D eigenvalue weighted by molar-refractivity contribution is 5.02. The first-order chi connectivity index (χ1) is 5.23. The molecule has 2 aliphatic carbocycles. The van der Waals surface area contributed by atoms with Gasteiger partial charge in [0, 0.05) is 6.04 Å². The van der Waals surface area contributed by atoms with E-state index in [9.17, 15) is 5.11 Å². The molecule has 0 radical (unpaired) electrons. The van der Waals surface area contributed by atoms with E-state index in [1.807, 2.05) is 0 Å². The Hall–Kier alpha value is -0.0800. The summed E-state index contributed by atoms with van der Waals surface area (Å²) in [7, 11) is 0.